The van der Waals surface area contributed by atoms with Crippen LogP contribution in [0, 0.1) is 11.7 Å². The van der Waals surface area contributed by atoms with Crippen molar-refractivity contribution in [1.29, 1.82) is 0 Å². The number of amides is 2. The van der Waals surface area contributed by atoms with Gasteiger partial charge in [-0.1, -0.05) is 26.0 Å². The summed E-state index contributed by atoms with van der Waals surface area (Å²) >= 11 is 0. The molecule has 0 heterocycles. The Kier molecular flexibility index (Phi) is 6.70. The quantitative estimate of drug-likeness (QED) is 0.683. The van der Waals surface area contributed by atoms with E-state index in [1.165, 1.54) is 0 Å². The van der Waals surface area contributed by atoms with Gasteiger partial charge in [0.2, 0.25) is 11.8 Å². The van der Waals surface area contributed by atoms with E-state index in [-0.39, 0.29) is 11.5 Å². The van der Waals surface area contributed by atoms with Crippen LogP contribution in [0.4, 0.5) is 17.6 Å². The van der Waals surface area contributed by atoms with E-state index < -0.39 is 42.4 Å². The van der Waals surface area contributed by atoms with Crippen molar-refractivity contribution in [3.63, 3.8) is 0 Å². The molecule has 1 aromatic carbocycles. The largest absolute Gasteiger partial charge is 0.412 e. The Morgan fingerprint density at radius 1 is 1.17 bits per heavy atom. The SMILES string of the molecule is CC(C)[C@H](N)C(=O)NCC(=O)NC(c1ccc(F)cc1)C(F)(F)F. The van der Waals surface area contributed by atoms with Gasteiger partial charge in [0.05, 0.1) is 12.6 Å². The highest BCUT2D eigenvalue weighted by Crippen LogP contribution is 2.32. The van der Waals surface area contributed by atoms with Crippen LogP contribution in [-0.2, 0) is 9.59 Å². The molecule has 5 nitrogen and oxygen atoms in total. The Balaban J connectivity index is 2.72. The number of benzene rings is 1. The molecule has 1 aromatic rings. The van der Waals surface area contributed by atoms with E-state index in [1.807, 2.05) is 0 Å². The summed E-state index contributed by atoms with van der Waals surface area (Å²) in [5.41, 5.74) is 5.25. The van der Waals surface area contributed by atoms with Crippen LogP contribution >= 0.6 is 0 Å². The summed E-state index contributed by atoms with van der Waals surface area (Å²) in [4.78, 5) is 23.3. The Morgan fingerprint density at radius 2 is 1.71 bits per heavy atom. The maximum atomic E-state index is 13.1. The lowest BCUT2D eigenvalue weighted by atomic mass is 10.1. The van der Waals surface area contributed by atoms with Crippen LogP contribution in [-0.4, -0.2) is 30.6 Å². The van der Waals surface area contributed by atoms with Crippen molar-refractivity contribution in [2.45, 2.75) is 32.1 Å². The highest BCUT2D eigenvalue weighted by atomic mass is 19.4. The first-order chi connectivity index (χ1) is 11.0. The van der Waals surface area contributed by atoms with E-state index in [0.717, 1.165) is 24.3 Å². The van der Waals surface area contributed by atoms with Crippen molar-refractivity contribution in [3.05, 3.63) is 35.6 Å². The van der Waals surface area contributed by atoms with Gasteiger partial charge in [0.1, 0.15) is 5.82 Å². The fourth-order valence-corrected chi connectivity index (χ4v) is 1.81. The minimum Gasteiger partial charge on any atom is -0.346 e. The molecule has 0 aliphatic heterocycles. The summed E-state index contributed by atoms with van der Waals surface area (Å²) in [6.07, 6.45) is -4.77. The van der Waals surface area contributed by atoms with Crippen LogP contribution < -0.4 is 16.4 Å². The molecule has 9 heteroatoms. The Bertz CT molecular complexity index is 573. The van der Waals surface area contributed by atoms with Gasteiger partial charge in [-0.25, -0.2) is 4.39 Å². The van der Waals surface area contributed by atoms with Crippen molar-refractivity contribution in [2.24, 2.45) is 11.7 Å². The number of hydrogen-bond donors (Lipinski definition) is 3. The Labute approximate surface area is 136 Å². The molecule has 0 aromatic heterocycles. The summed E-state index contributed by atoms with van der Waals surface area (Å²) in [6, 6.07) is 0.421. The molecule has 1 unspecified atom stereocenters. The number of nitrogens with two attached hydrogens (primary N) is 1. The van der Waals surface area contributed by atoms with E-state index in [9.17, 15) is 27.2 Å². The molecule has 4 N–H and O–H groups in total. The van der Waals surface area contributed by atoms with Crippen LogP contribution in [0.3, 0.4) is 0 Å². The van der Waals surface area contributed by atoms with Gasteiger partial charge in [-0.05, 0) is 23.6 Å². The van der Waals surface area contributed by atoms with Crippen molar-refractivity contribution < 1.29 is 27.2 Å². The average molecular weight is 349 g/mol. The molecule has 0 saturated heterocycles. The van der Waals surface area contributed by atoms with Crippen molar-refractivity contribution in [1.82, 2.24) is 10.6 Å². The Morgan fingerprint density at radius 3 is 2.17 bits per heavy atom. The third kappa shape index (κ3) is 5.80. The van der Waals surface area contributed by atoms with Gasteiger partial charge in [0.25, 0.3) is 0 Å². The van der Waals surface area contributed by atoms with Gasteiger partial charge in [0.15, 0.2) is 6.04 Å². The summed E-state index contributed by atoms with van der Waals surface area (Å²) in [5.74, 6) is -2.55. The Hall–Kier alpha value is -2.16. The van der Waals surface area contributed by atoms with E-state index in [2.05, 4.69) is 5.32 Å². The molecule has 0 fully saturated rings. The summed E-state index contributed by atoms with van der Waals surface area (Å²) in [6.45, 7) is 2.74. The number of halogens is 4. The highest BCUT2D eigenvalue weighted by Gasteiger charge is 2.41. The molecule has 0 aliphatic rings. The first kappa shape index (κ1) is 19.9. The van der Waals surface area contributed by atoms with E-state index >= 15 is 0 Å². The molecular weight excluding hydrogens is 330 g/mol. The molecule has 0 saturated carbocycles. The molecule has 0 aliphatic carbocycles. The van der Waals surface area contributed by atoms with Crippen molar-refractivity contribution in [3.8, 4) is 0 Å². The average Bonchev–Trinajstić information content (AvgIpc) is 2.49. The molecule has 2 amide bonds. The summed E-state index contributed by atoms with van der Waals surface area (Å²) in [5, 5.41) is 3.95. The predicted molar refractivity (Wildman–Crippen MR) is 79.2 cm³/mol. The van der Waals surface area contributed by atoms with Crippen molar-refractivity contribution >= 4 is 11.8 Å². The lowest BCUT2D eigenvalue weighted by molar-refractivity contribution is -0.163. The number of rotatable bonds is 6. The van der Waals surface area contributed by atoms with Crippen LogP contribution in [0.2, 0.25) is 0 Å². The van der Waals surface area contributed by atoms with Crippen LogP contribution in [0.15, 0.2) is 24.3 Å². The predicted octanol–water partition coefficient (Wildman–Crippen LogP) is 1.64. The number of alkyl halides is 3. The molecule has 1 rings (SSSR count). The standard InChI is InChI=1S/C15H19F4N3O2/c1-8(2)12(20)14(24)21-7-11(23)22-13(15(17,18)19)9-3-5-10(16)6-4-9/h3-6,8,12-13H,7,20H2,1-2H3,(H,21,24)(H,22,23)/t12-,13?/m0/s1. The van der Waals surface area contributed by atoms with E-state index in [0.29, 0.717) is 0 Å². The van der Waals surface area contributed by atoms with Gasteiger partial charge in [0, 0.05) is 0 Å². The lowest BCUT2D eigenvalue weighted by Gasteiger charge is -2.22. The maximum Gasteiger partial charge on any atom is 0.412 e. The second-order valence-corrected chi connectivity index (χ2v) is 5.58. The summed E-state index contributed by atoms with van der Waals surface area (Å²) in [7, 11) is 0. The van der Waals surface area contributed by atoms with E-state index in [4.69, 9.17) is 5.73 Å². The number of hydrogen-bond acceptors (Lipinski definition) is 3. The summed E-state index contributed by atoms with van der Waals surface area (Å²) < 4.78 is 52.1. The van der Waals surface area contributed by atoms with Gasteiger partial charge in [-0.3, -0.25) is 9.59 Å². The van der Waals surface area contributed by atoms with E-state index in [1.54, 1.807) is 19.2 Å². The number of carbonyl (C=O) groups excluding carboxylic acids is 2. The maximum absolute atomic E-state index is 13.1. The first-order valence-corrected chi connectivity index (χ1v) is 7.17. The van der Waals surface area contributed by atoms with Crippen LogP contribution in [0.25, 0.3) is 0 Å². The second-order valence-electron chi connectivity index (χ2n) is 5.58. The van der Waals surface area contributed by atoms with Crippen LogP contribution in [0.1, 0.15) is 25.5 Å². The fourth-order valence-electron chi connectivity index (χ4n) is 1.81. The normalized spacial score (nSPS) is 14.2. The second kappa shape index (κ2) is 8.09. The minimum absolute atomic E-state index is 0.185. The van der Waals surface area contributed by atoms with Gasteiger partial charge in [-0.2, -0.15) is 13.2 Å². The zero-order chi connectivity index (χ0) is 18.5. The van der Waals surface area contributed by atoms with Gasteiger partial charge < -0.3 is 16.4 Å². The zero-order valence-corrected chi connectivity index (χ0v) is 13.2. The third-order valence-electron chi connectivity index (χ3n) is 3.28. The molecular formula is C15H19F4N3O2. The van der Waals surface area contributed by atoms with Gasteiger partial charge >= 0.3 is 6.18 Å². The number of carbonyl (C=O) groups is 2. The molecule has 0 bridgehead atoms. The number of nitrogens with one attached hydrogen (secondary N) is 2. The monoisotopic (exact) mass is 349 g/mol. The van der Waals surface area contributed by atoms with Crippen LogP contribution in [0.5, 0.6) is 0 Å². The van der Waals surface area contributed by atoms with Gasteiger partial charge in [-0.15, -0.1) is 0 Å². The molecule has 134 valence electrons. The zero-order valence-electron chi connectivity index (χ0n) is 13.2. The fraction of sp³-hybridized carbons (Fsp3) is 0.467. The molecule has 24 heavy (non-hydrogen) atoms. The lowest BCUT2D eigenvalue weighted by Crippen LogP contribution is -2.48. The topological polar surface area (TPSA) is 84.2 Å². The molecule has 2 atom stereocenters. The smallest absolute Gasteiger partial charge is 0.346 e. The molecule has 0 radical (unpaired) electrons. The highest BCUT2D eigenvalue weighted by molar-refractivity contribution is 5.87. The molecule has 0 spiro atoms. The third-order valence-corrected chi connectivity index (χ3v) is 3.28. The first-order valence-electron chi connectivity index (χ1n) is 7.17. The van der Waals surface area contributed by atoms with Crippen molar-refractivity contribution in [2.75, 3.05) is 6.54 Å². The minimum atomic E-state index is -4.77.